The van der Waals surface area contributed by atoms with Crippen LogP contribution in [0.5, 0.6) is 11.5 Å². The van der Waals surface area contributed by atoms with Crippen LogP contribution in [0, 0.1) is 0 Å². The first kappa shape index (κ1) is 22.4. The van der Waals surface area contributed by atoms with E-state index in [1.54, 1.807) is 20.3 Å². The summed E-state index contributed by atoms with van der Waals surface area (Å²) < 4.78 is 12.8. The fourth-order valence-corrected chi connectivity index (χ4v) is 4.24. The Morgan fingerprint density at radius 1 is 1.03 bits per heavy atom. The third-order valence-corrected chi connectivity index (χ3v) is 5.94. The summed E-state index contributed by atoms with van der Waals surface area (Å²) in [4.78, 5) is 17.2. The molecule has 0 unspecified atom stereocenters. The van der Waals surface area contributed by atoms with Gasteiger partial charge in [0.15, 0.2) is 16.7 Å². The van der Waals surface area contributed by atoms with Crippen molar-refractivity contribution < 1.29 is 14.3 Å². The molecule has 0 fully saturated rings. The van der Waals surface area contributed by atoms with E-state index < -0.39 is 0 Å². The van der Waals surface area contributed by atoms with Crippen molar-refractivity contribution in [3.8, 4) is 11.5 Å². The molecular formula is C25H24N4O3S. The summed E-state index contributed by atoms with van der Waals surface area (Å²) in [7, 11) is 3.13. The zero-order valence-corrected chi connectivity index (χ0v) is 19.2. The second-order valence-electron chi connectivity index (χ2n) is 7.12. The number of nitrogens with one attached hydrogen (secondary N) is 1. The molecule has 1 N–H and O–H groups in total. The second kappa shape index (κ2) is 10.7. The molecule has 1 heterocycles. The Morgan fingerprint density at radius 3 is 2.61 bits per heavy atom. The maximum Gasteiger partial charge on any atom is 0.250 e. The summed E-state index contributed by atoms with van der Waals surface area (Å²) in [5.74, 6) is 1.11. The second-order valence-corrected chi connectivity index (χ2v) is 8.06. The lowest BCUT2D eigenvalue weighted by Crippen LogP contribution is -2.20. The summed E-state index contributed by atoms with van der Waals surface area (Å²) in [5.41, 5.74) is 6.38. The minimum atomic E-state index is -0.226. The van der Waals surface area contributed by atoms with Gasteiger partial charge in [0.25, 0.3) is 5.91 Å². The molecule has 0 aliphatic heterocycles. The van der Waals surface area contributed by atoms with Gasteiger partial charge in [-0.1, -0.05) is 60.3 Å². The molecule has 0 atom stereocenters. The number of imidazole rings is 1. The number of aromatic nitrogens is 2. The van der Waals surface area contributed by atoms with Crippen LogP contribution in [-0.4, -0.2) is 41.6 Å². The summed E-state index contributed by atoms with van der Waals surface area (Å²) in [6.07, 6.45) is 1.54. The number of methoxy groups -OCH3 is 2. The molecule has 1 amide bonds. The minimum absolute atomic E-state index is 0.185. The zero-order valence-electron chi connectivity index (χ0n) is 18.4. The lowest BCUT2D eigenvalue weighted by atomic mass is 10.2. The molecule has 1 aromatic heterocycles. The van der Waals surface area contributed by atoms with E-state index >= 15 is 0 Å². The van der Waals surface area contributed by atoms with Crippen molar-refractivity contribution in [1.82, 2.24) is 15.0 Å². The monoisotopic (exact) mass is 460 g/mol. The van der Waals surface area contributed by atoms with Crippen LogP contribution in [-0.2, 0) is 11.3 Å². The van der Waals surface area contributed by atoms with Gasteiger partial charge in [-0.15, -0.1) is 0 Å². The van der Waals surface area contributed by atoms with Crippen LogP contribution in [0.4, 0.5) is 0 Å². The van der Waals surface area contributed by atoms with Gasteiger partial charge >= 0.3 is 0 Å². The molecule has 7 nitrogen and oxygen atoms in total. The van der Waals surface area contributed by atoms with Crippen LogP contribution in [0.2, 0.25) is 0 Å². The van der Waals surface area contributed by atoms with Gasteiger partial charge in [0.2, 0.25) is 0 Å². The van der Waals surface area contributed by atoms with E-state index in [9.17, 15) is 4.79 Å². The van der Waals surface area contributed by atoms with Crippen LogP contribution in [0.25, 0.3) is 11.0 Å². The van der Waals surface area contributed by atoms with Crippen LogP contribution in [0.15, 0.2) is 83.1 Å². The first-order chi connectivity index (χ1) is 16.2. The van der Waals surface area contributed by atoms with Gasteiger partial charge in [0.05, 0.1) is 43.8 Å². The summed E-state index contributed by atoms with van der Waals surface area (Å²) in [6, 6.07) is 23.6. The fraction of sp³-hybridized carbons (Fsp3) is 0.160. The lowest BCUT2D eigenvalue weighted by molar-refractivity contribution is -0.118. The van der Waals surface area contributed by atoms with Gasteiger partial charge < -0.3 is 14.0 Å². The normalized spacial score (nSPS) is 11.1. The number of nitrogens with zero attached hydrogens (tertiary/aromatic N) is 3. The van der Waals surface area contributed by atoms with Crippen molar-refractivity contribution in [1.29, 1.82) is 0 Å². The van der Waals surface area contributed by atoms with E-state index in [1.165, 1.54) is 23.5 Å². The highest BCUT2D eigenvalue weighted by atomic mass is 32.2. The van der Waals surface area contributed by atoms with Gasteiger partial charge in [-0.2, -0.15) is 5.10 Å². The van der Waals surface area contributed by atoms with Gasteiger partial charge in [0, 0.05) is 5.56 Å². The molecule has 0 bridgehead atoms. The fourth-order valence-electron chi connectivity index (χ4n) is 3.43. The van der Waals surface area contributed by atoms with E-state index in [1.807, 2.05) is 54.6 Å². The van der Waals surface area contributed by atoms with Crippen molar-refractivity contribution in [3.63, 3.8) is 0 Å². The number of fused-ring (bicyclic) bond motifs is 1. The van der Waals surface area contributed by atoms with Crippen LogP contribution >= 0.6 is 11.8 Å². The molecule has 8 heteroatoms. The van der Waals surface area contributed by atoms with Crippen molar-refractivity contribution >= 4 is 34.9 Å². The average molecular weight is 461 g/mol. The first-order valence-corrected chi connectivity index (χ1v) is 11.3. The summed E-state index contributed by atoms with van der Waals surface area (Å²) >= 11 is 1.38. The highest BCUT2D eigenvalue weighted by Gasteiger charge is 2.13. The number of hydrazone groups is 1. The minimum Gasteiger partial charge on any atom is -0.493 e. The molecule has 0 radical (unpaired) electrons. The van der Waals surface area contributed by atoms with Gasteiger partial charge in [-0.05, 0) is 29.8 Å². The predicted octanol–water partition coefficient (Wildman–Crippen LogP) is 4.34. The Bertz CT molecular complexity index is 1270. The van der Waals surface area contributed by atoms with Gasteiger partial charge in [0.1, 0.15) is 0 Å². The van der Waals surface area contributed by atoms with Crippen LogP contribution < -0.4 is 14.9 Å². The van der Waals surface area contributed by atoms with E-state index in [2.05, 4.69) is 27.2 Å². The SMILES string of the molecule is COc1cccc(/C=N\NC(=O)CSc2nc3ccccc3n2Cc2ccccc2)c1OC. The van der Waals surface area contributed by atoms with E-state index in [0.717, 1.165) is 16.2 Å². The number of rotatable bonds is 9. The average Bonchev–Trinajstić information content (AvgIpc) is 3.20. The quantitative estimate of drug-likeness (QED) is 0.228. The van der Waals surface area contributed by atoms with E-state index in [4.69, 9.17) is 14.5 Å². The Labute approximate surface area is 196 Å². The standard InChI is InChI=1S/C25H24N4O3S/c1-31-22-14-8-11-19(24(22)32-2)15-26-28-23(30)17-33-25-27-20-12-6-7-13-21(20)29(25)16-18-9-4-3-5-10-18/h3-15H,16-17H2,1-2H3,(H,28,30)/b26-15-. The molecule has 4 aromatic rings. The smallest absolute Gasteiger partial charge is 0.250 e. The first-order valence-electron chi connectivity index (χ1n) is 10.3. The number of para-hydroxylation sites is 3. The molecule has 3 aromatic carbocycles. The third kappa shape index (κ3) is 5.35. The molecule has 33 heavy (non-hydrogen) atoms. The molecule has 0 aliphatic rings. The van der Waals surface area contributed by atoms with Crippen LogP contribution in [0.1, 0.15) is 11.1 Å². The Balaban J connectivity index is 1.44. The number of amides is 1. The number of hydrogen-bond donors (Lipinski definition) is 1. The molecule has 0 saturated carbocycles. The van der Waals surface area contributed by atoms with Crippen molar-refractivity contribution in [3.05, 3.63) is 83.9 Å². The van der Waals surface area contributed by atoms with Crippen molar-refractivity contribution in [2.45, 2.75) is 11.7 Å². The van der Waals surface area contributed by atoms with Crippen LogP contribution in [0.3, 0.4) is 0 Å². The maximum atomic E-state index is 12.4. The maximum absolute atomic E-state index is 12.4. The number of hydrogen-bond acceptors (Lipinski definition) is 6. The summed E-state index contributed by atoms with van der Waals surface area (Å²) in [6.45, 7) is 0.680. The molecule has 0 aliphatic carbocycles. The third-order valence-electron chi connectivity index (χ3n) is 4.96. The van der Waals surface area contributed by atoms with Gasteiger partial charge in [-0.3, -0.25) is 4.79 Å². The summed E-state index contributed by atoms with van der Waals surface area (Å²) in [5, 5.41) is 4.86. The Morgan fingerprint density at radius 2 is 1.82 bits per heavy atom. The number of carbonyl (C=O) groups is 1. The van der Waals surface area contributed by atoms with Crippen molar-refractivity contribution in [2.75, 3.05) is 20.0 Å². The Hall–Kier alpha value is -3.78. The molecular weight excluding hydrogens is 436 g/mol. The topological polar surface area (TPSA) is 77.7 Å². The van der Waals surface area contributed by atoms with Gasteiger partial charge in [-0.25, -0.2) is 10.4 Å². The highest BCUT2D eigenvalue weighted by Crippen LogP contribution is 2.29. The highest BCUT2D eigenvalue weighted by molar-refractivity contribution is 7.99. The van der Waals surface area contributed by atoms with Crippen molar-refractivity contribution in [2.24, 2.45) is 5.10 Å². The number of carbonyl (C=O) groups excluding carboxylic acids is 1. The largest absolute Gasteiger partial charge is 0.493 e. The van der Waals surface area contributed by atoms with E-state index in [-0.39, 0.29) is 11.7 Å². The number of thioether (sulfide) groups is 1. The number of ether oxygens (including phenoxy) is 2. The number of benzene rings is 3. The Kier molecular flexibility index (Phi) is 7.26. The van der Waals surface area contributed by atoms with E-state index in [0.29, 0.717) is 23.6 Å². The predicted molar refractivity (Wildman–Crippen MR) is 131 cm³/mol. The molecule has 168 valence electrons. The lowest BCUT2D eigenvalue weighted by Gasteiger charge is -2.09. The zero-order chi connectivity index (χ0) is 23.0. The molecule has 0 saturated heterocycles. The molecule has 0 spiro atoms. The molecule has 4 rings (SSSR count).